The maximum Gasteiger partial charge on any atom is 0.312 e. The Kier molecular flexibility index (Phi) is 9.86. The third-order valence-corrected chi connectivity index (χ3v) is 7.40. The van der Waals surface area contributed by atoms with Crippen molar-refractivity contribution >= 4 is 46.6 Å². The first-order chi connectivity index (χ1) is 19.5. The van der Waals surface area contributed by atoms with Crippen molar-refractivity contribution in [2.45, 2.75) is 20.4 Å². The van der Waals surface area contributed by atoms with Crippen LogP contribution in [0, 0.1) is 19.7 Å². The summed E-state index contributed by atoms with van der Waals surface area (Å²) in [5, 5.41) is 3.34. The van der Waals surface area contributed by atoms with Crippen molar-refractivity contribution in [3.05, 3.63) is 87.2 Å². The second kappa shape index (κ2) is 13.3. The van der Waals surface area contributed by atoms with Gasteiger partial charge in [0.1, 0.15) is 17.3 Å². The molecular formula is C30H31Cl2FN4O4. The summed E-state index contributed by atoms with van der Waals surface area (Å²) in [4.78, 5) is 43.4. The summed E-state index contributed by atoms with van der Waals surface area (Å²) in [5.41, 5.74) is 3.38. The first-order valence-corrected chi connectivity index (χ1v) is 13.8. The van der Waals surface area contributed by atoms with Crippen molar-refractivity contribution in [2.24, 2.45) is 0 Å². The van der Waals surface area contributed by atoms with Crippen LogP contribution in [0.5, 0.6) is 11.5 Å². The molecule has 1 aliphatic heterocycles. The van der Waals surface area contributed by atoms with Crippen LogP contribution < -0.4 is 10.1 Å². The largest absolute Gasteiger partial charge is 0.457 e. The van der Waals surface area contributed by atoms with Gasteiger partial charge in [-0.15, -0.1) is 0 Å². The summed E-state index contributed by atoms with van der Waals surface area (Å²) in [6.45, 7) is 5.74. The molecule has 1 saturated heterocycles. The molecule has 1 N–H and O–H groups in total. The molecule has 0 aromatic heterocycles. The molecule has 0 spiro atoms. The number of nitrogens with zero attached hydrogens (tertiary/aromatic N) is 3. The van der Waals surface area contributed by atoms with E-state index >= 15 is 0 Å². The van der Waals surface area contributed by atoms with Crippen molar-refractivity contribution in [1.29, 1.82) is 0 Å². The number of aryl methyl sites for hydroxylation is 2. The van der Waals surface area contributed by atoms with Gasteiger partial charge in [-0.2, -0.15) is 0 Å². The van der Waals surface area contributed by atoms with E-state index in [1.807, 2.05) is 36.9 Å². The lowest BCUT2D eigenvalue weighted by Gasteiger charge is -2.34. The fourth-order valence-corrected chi connectivity index (χ4v) is 4.83. The molecule has 4 rings (SSSR count). The van der Waals surface area contributed by atoms with Crippen LogP contribution in [0.15, 0.2) is 54.6 Å². The molecule has 0 unspecified atom stereocenters. The second-order valence-corrected chi connectivity index (χ2v) is 10.8. The lowest BCUT2D eigenvalue weighted by atomic mass is 10.1. The summed E-state index contributed by atoms with van der Waals surface area (Å²) < 4.78 is 19.7. The molecule has 216 valence electrons. The predicted octanol–water partition coefficient (Wildman–Crippen LogP) is 5.28. The van der Waals surface area contributed by atoms with Crippen molar-refractivity contribution in [1.82, 2.24) is 14.7 Å². The first kappa shape index (κ1) is 30.3. The van der Waals surface area contributed by atoms with Gasteiger partial charge in [0.05, 0.1) is 11.6 Å². The van der Waals surface area contributed by atoms with Crippen molar-refractivity contribution in [3.8, 4) is 11.5 Å². The maximum absolute atomic E-state index is 13.9. The van der Waals surface area contributed by atoms with Crippen LogP contribution in [0.25, 0.3) is 0 Å². The van der Waals surface area contributed by atoms with Crippen LogP contribution in [0.2, 0.25) is 10.0 Å². The third-order valence-electron chi connectivity index (χ3n) is 6.86. The number of nitrogens with one attached hydrogen (secondary N) is 1. The Labute approximate surface area is 248 Å². The van der Waals surface area contributed by atoms with Gasteiger partial charge in [-0.1, -0.05) is 47.5 Å². The SMILES string of the molecule is Cc1cccc(C)c1NC(=O)CN1CCN(C(=O)C(=O)N(C)Cc2ccc(Cl)cc2Oc2ccc(Cl)c(F)c2)CC1. The lowest BCUT2D eigenvalue weighted by Crippen LogP contribution is -2.53. The molecule has 1 fully saturated rings. The maximum atomic E-state index is 13.9. The van der Waals surface area contributed by atoms with Gasteiger partial charge in [0.25, 0.3) is 0 Å². The van der Waals surface area contributed by atoms with E-state index in [-0.39, 0.29) is 29.8 Å². The summed E-state index contributed by atoms with van der Waals surface area (Å²) in [6.07, 6.45) is 0. The number of carbonyl (C=O) groups excluding carboxylic acids is 3. The number of carbonyl (C=O) groups is 3. The summed E-state index contributed by atoms with van der Waals surface area (Å²) >= 11 is 11.9. The highest BCUT2D eigenvalue weighted by atomic mass is 35.5. The standard InChI is InChI=1S/C30H31Cl2FN4O4/c1-19-5-4-6-20(2)28(19)34-27(38)18-36-11-13-37(14-12-36)30(40)29(39)35(3)17-21-7-8-22(31)15-26(21)41-23-9-10-24(32)25(33)16-23/h4-10,15-16H,11-14,17-18H2,1-3H3,(H,34,38). The molecule has 1 aliphatic rings. The van der Waals surface area contributed by atoms with Crippen LogP contribution in [0.4, 0.5) is 10.1 Å². The van der Waals surface area contributed by atoms with Crippen molar-refractivity contribution in [2.75, 3.05) is 45.1 Å². The Morgan fingerprint density at radius 2 is 1.66 bits per heavy atom. The number of ether oxygens (including phenoxy) is 1. The van der Waals surface area contributed by atoms with Crippen LogP contribution in [-0.2, 0) is 20.9 Å². The molecule has 3 aromatic rings. The number of anilines is 1. The normalized spacial score (nSPS) is 13.6. The number of para-hydroxylation sites is 1. The number of halogens is 3. The first-order valence-electron chi connectivity index (χ1n) is 13.1. The summed E-state index contributed by atoms with van der Waals surface area (Å²) in [5.74, 6) is -1.53. The van der Waals surface area contributed by atoms with E-state index in [0.717, 1.165) is 22.9 Å². The van der Waals surface area contributed by atoms with E-state index in [9.17, 15) is 18.8 Å². The Bertz CT molecular complexity index is 1440. The number of hydrogen-bond donors (Lipinski definition) is 1. The van der Waals surface area contributed by atoms with E-state index in [4.69, 9.17) is 27.9 Å². The van der Waals surface area contributed by atoms with Gasteiger partial charge >= 0.3 is 11.8 Å². The molecule has 0 atom stereocenters. The van der Waals surface area contributed by atoms with Gasteiger partial charge in [0, 0.05) is 62.1 Å². The molecule has 3 amide bonds. The highest BCUT2D eigenvalue weighted by Gasteiger charge is 2.29. The number of likely N-dealkylation sites (N-methyl/N-ethyl adjacent to an activating group) is 1. The van der Waals surface area contributed by atoms with Gasteiger partial charge in [-0.25, -0.2) is 4.39 Å². The average Bonchev–Trinajstić information content (AvgIpc) is 2.94. The third kappa shape index (κ3) is 7.75. The zero-order valence-corrected chi connectivity index (χ0v) is 24.6. The van der Waals surface area contributed by atoms with Gasteiger partial charge in [-0.05, 0) is 49.2 Å². The predicted molar refractivity (Wildman–Crippen MR) is 157 cm³/mol. The minimum Gasteiger partial charge on any atom is -0.457 e. The molecule has 41 heavy (non-hydrogen) atoms. The number of piperazine rings is 1. The van der Waals surface area contributed by atoms with Gasteiger partial charge in [0.15, 0.2) is 0 Å². The Hall–Kier alpha value is -3.66. The van der Waals surface area contributed by atoms with E-state index in [1.54, 1.807) is 18.2 Å². The van der Waals surface area contributed by atoms with E-state index < -0.39 is 17.6 Å². The quantitative estimate of drug-likeness (QED) is 0.373. The summed E-state index contributed by atoms with van der Waals surface area (Å²) in [7, 11) is 1.52. The summed E-state index contributed by atoms with van der Waals surface area (Å²) in [6, 6.07) is 14.8. The number of hydrogen-bond acceptors (Lipinski definition) is 5. The molecule has 0 bridgehead atoms. The number of rotatable bonds is 7. The number of benzene rings is 3. The topological polar surface area (TPSA) is 82.2 Å². The monoisotopic (exact) mass is 600 g/mol. The van der Waals surface area contributed by atoms with Crippen LogP contribution in [-0.4, -0.2) is 72.2 Å². The molecule has 0 aliphatic carbocycles. The highest BCUT2D eigenvalue weighted by molar-refractivity contribution is 6.34. The molecule has 0 saturated carbocycles. The molecule has 11 heteroatoms. The fourth-order valence-electron chi connectivity index (χ4n) is 4.55. The smallest absolute Gasteiger partial charge is 0.312 e. The zero-order valence-electron chi connectivity index (χ0n) is 23.0. The average molecular weight is 602 g/mol. The Morgan fingerprint density at radius 3 is 2.32 bits per heavy atom. The molecule has 3 aromatic carbocycles. The molecule has 0 radical (unpaired) electrons. The van der Waals surface area contributed by atoms with Crippen LogP contribution in [0.3, 0.4) is 0 Å². The van der Waals surface area contributed by atoms with Crippen LogP contribution >= 0.6 is 23.2 Å². The van der Waals surface area contributed by atoms with E-state index in [0.29, 0.717) is 42.5 Å². The van der Waals surface area contributed by atoms with Crippen molar-refractivity contribution < 1.29 is 23.5 Å². The fraction of sp³-hybridized carbons (Fsp3) is 0.300. The zero-order chi connectivity index (χ0) is 29.7. The lowest BCUT2D eigenvalue weighted by molar-refractivity contribution is -0.152. The number of amides is 3. The molecule has 1 heterocycles. The van der Waals surface area contributed by atoms with E-state index in [1.165, 1.54) is 29.0 Å². The van der Waals surface area contributed by atoms with Gasteiger partial charge in [0.2, 0.25) is 5.91 Å². The molecular weight excluding hydrogens is 570 g/mol. The minimum absolute atomic E-state index is 0.0334. The van der Waals surface area contributed by atoms with Gasteiger partial charge in [-0.3, -0.25) is 19.3 Å². The Balaban J connectivity index is 1.31. The van der Waals surface area contributed by atoms with Crippen molar-refractivity contribution in [3.63, 3.8) is 0 Å². The second-order valence-electron chi connectivity index (χ2n) is 9.97. The highest BCUT2D eigenvalue weighted by Crippen LogP contribution is 2.31. The van der Waals surface area contributed by atoms with E-state index in [2.05, 4.69) is 5.32 Å². The molecule has 8 nitrogen and oxygen atoms in total. The Morgan fingerprint density at radius 1 is 0.976 bits per heavy atom. The minimum atomic E-state index is -0.676. The van der Waals surface area contributed by atoms with Crippen LogP contribution in [0.1, 0.15) is 16.7 Å². The van der Waals surface area contributed by atoms with Gasteiger partial charge < -0.3 is 19.9 Å².